The number of carbonyl (C=O) groups is 1. The second-order valence-corrected chi connectivity index (χ2v) is 6.84. The van der Waals surface area contributed by atoms with Gasteiger partial charge in [0.2, 0.25) is 5.88 Å². The van der Waals surface area contributed by atoms with Gasteiger partial charge in [-0.25, -0.2) is 4.98 Å². The van der Waals surface area contributed by atoms with Gasteiger partial charge in [0.15, 0.2) is 0 Å². The Kier molecular flexibility index (Phi) is 5.24. The van der Waals surface area contributed by atoms with Gasteiger partial charge in [-0.3, -0.25) is 4.79 Å². The van der Waals surface area contributed by atoms with Crippen LogP contribution in [0.2, 0.25) is 0 Å². The fraction of sp³-hybridized carbons (Fsp3) is 0.217. The number of nitrogens with zero attached hydrogens (tertiary/aromatic N) is 2. The zero-order chi connectivity index (χ0) is 19.3. The first-order chi connectivity index (χ1) is 13.7. The van der Waals surface area contributed by atoms with Gasteiger partial charge in [0.25, 0.3) is 5.91 Å². The first-order valence-electron chi connectivity index (χ1n) is 9.40. The van der Waals surface area contributed by atoms with E-state index < -0.39 is 0 Å². The maximum Gasteiger partial charge on any atom is 0.253 e. The quantitative estimate of drug-likeness (QED) is 0.661. The average Bonchev–Trinajstić information content (AvgIpc) is 3.17. The van der Waals surface area contributed by atoms with Gasteiger partial charge < -0.3 is 14.4 Å². The van der Waals surface area contributed by atoms with Gasteiger partial charge in [0.05, 0.1) is 6.54 Å². The van der Waals surface area contributed by atoms with Crippen molar-refractivity contribution in [3.63, 3.8) is 0 Å². The molecule has 0 spiro atoms. The molecule has 0 N–H and O–H groups in total. The molecule has 1 aliphatic rings. The zero-order valence-electron chi connectivity index (χ0n) is 15.7. The molecule has 2 aromatic carbocycles. The number of hydrogen-bond acceptors (Lipinski definition) is 4. The van der Waals surface area contributed by atoms with Crippen LogP contribution in [-0.2, 0) is 0 Å². The Morgan fingerprint density at radius 2 is 1.71 bits per heavy atom. The minimum absolute atomic E-state index is 0.00885. The Hall–Kier alpha value is -3.34. The molecule has 0 aliphatic carbocycles. The summed E-state index contributed by atoms with van der Waals surface area (Å²) in [4.78, 5) is 19.0. The fourth-order valence-corrected chi connectivity index (χ4v) is 3.24. The smallest absolute Gasteiger partial charge is 0.253 e. The number of pyridine rings is 1. The molecule has 142 valence electrons. The summed E-state index contributed by atoms with van der Waals surface area (Å²) in [6, 6.07) is 22.5. The summed E-state index contributed by atoms with van der Waals surface area (Å²) in [5.74, 6) is 2.10. The van der Waals surface area contributed by atoms with Crippen LogP contribution in [0, 0.1) is 6.92 Å². The van der Waals surface area contributed by atoms with E-state index in [2.05, 4.69) is 4.98 Å². The first kappa shape index (κ1) is 18.0. The third-order valence-electron chi connectivity index (χ3n) is 4.66. The second kappa shape index (κ2) is 8.13. The molecule has 0 radical (unpaired) electrons. The van der Waals surface area contributed by atoms with Crippen LogP contribution >= 0.6 is 0 Å². The molecule has 4 rings (SSSR count). The van der Waals surface area contributed by atoms with E-state index >= 15 is 0 Å². The molecule has 5 nitrogen and oxygen atoms in total. The van der Waals surface area contributed by atoms with Crippen molar-refractivity contribution >= 4 is 5.91 Å². The van der Waals surface area contributed by atoms with Crippen molar-refractivity contribution < 1.29 is 14.3 Å². The Balaban J connectivity index is 1.35. The van der Waals surface area contributed by atoms with Crippen LogP contribution < -0.4 is 9.47 Å². The number of rotatable bonds is 5. The molecule has 1 unspecified atom stereocenters. The number of benzene rings is 2. The van der Waals surface area contributed by atoms with Gasteiger partial charge >= 0.3 is 0 Å². The van der Waals surface area contributed by atoms with E-state index in [9.17, 15) is 4.79 Å². The molecule has 0 bridgehead atoms. The van der Waals surface area contributed by atoms with Crippen LogP contribution in [0.25, 0.3) is 0 Å². The summed E-state index contributed by atoms with van der Waals surface area (Å²) in [6.45, 7) is 3.18. The predicted molar refractivity (Wildman–Crippen MR) is 107 cm³/mol. The third-order valence-corrected chi connectivity index (χ3v) is 4.66. The molecule has 28 heavy (non-hydrogen) atoms. The van der Waals surface area contributed by atoms with Crippen molar-refractivity contribution in [2.45, 2.75) is 19.4 Å². The highest BCUT2D eigenvalue weighted by atomic mass is 16.5. The molecular weight excluding hydrogens is 352 g/mol. The maximum atomic E-state index is 12.8. The summed E-state index contributed by atoms with van der Waals surface area (Å²) < 4.78 is 11.7. The standard InChI is InChI=1S/C23H22N2O3/c1-17-6-5-9-22(24-17)28-21-14-15-25(16-21)23(26)18-10-12-20(13-11-18)27-19-7-3-2-4-8-19/h2-13,21H,14-16H2,1H3. The number of amides is 1. The Morgan fingerprint density at radius 3 is 2.46 bits per heavy atom. The Bertz CT molecular complexity index is 942. The highest BCUT2D eigenvalue weighted by Crippen LogP contribution is 2.23. The van der Waals surface area contributed by atoms with Gasteiger partial charge in [-0.05, 0) is 49.4 Å². The van der Waals surface area contributed by atoms with Crippen molar-refractivity contribution in [2.24, 2.45) is 0 Å². The normalized spacial score (nSPS) is 16.0. The fourth-order valence-electron chi connectivity index (χ4n) is 3.24. The molecule has 2 heterocycles. The van der Waals surface area contributed by atoms with E-state index in [0.717, 1.165) is 17.9 Å². The van der Waals surface area contributed by atoms with Crippen LogP contribution in [0.4, 0.5) is 0 Å². The summed E-state index contributed by atoms with van der Waals surface area (Å²) in [5.41, 5.74) is 1.57. The van der Waals surface area contributed by atoms with E-state index in [1.807, 2.05) is 72.5 Å². The zero-order valence-corrected chi connectivity index (χ0v) is 15.7. The number of carbonyl (C=O) groups excluding carboxylic acids is 1. The highest BCUT2D eigenvalue weighted by Gasteiger charge is 2.28. The molecule has 1 atom stereocenters. The van der Waals surface area contributed by atoms with Gasteiger partial charge in [-0.1, -0.05) is 24.3 Å². The first-order valence-corrected chi connectivity index (χ1v) is 9.40. The Morgan fingerprint density at radius 1 is 0.964 bits per heavy atom. The van der Waals surface area contributed by atoms with E-state index in [0.29, 0.717) is 30.3 Å². The minimum atomic E-state index is -0.0288. The van der Waals surface area contributed by atoms with E-state index in [1.165, 1.54) is 0 Å². The highest BCUT2D eigenvalue weighted by molar-refractivity contribution is 5.94. The molecule has 0 saturated carbocycles. The monoisotopic (exact) mass is 374 g/mol. The van der Waals surface area contributed by atoms with Crippen molar-refractivity contribution in [3.05, 3.63) is 84.1 Å². The van der Waals surface area contributed by atoms with Crippen molar-refractivity contribution in [1.29, 1.82) is 0 Å². The van der Waals surface area contributed by atoms with Crippen LogP contribution in [0.5, 0.6) is 17.4 Å². The van der Waals surface area contributed by atoms with Gasteiger partial charge in [0.1, 0.15) is 17.6 Å². The number of ether oxygens (including phenoxy) is 2. The minimum Gasteiger partial charge on any atom is -0.472 e. The number of hydrogen-bond donors (Lipinski definition) is 0. The number of aryl methyl sites for hydroxylation is 1. The van der Waals surface area contributed by atoms with Crippen molar-refractivity contribution in [2.75, 3.05) is 13.1 Å². The summed E-state index contributed by atoms with van der Waals surface area (Å²) in [6.07, 6.45) is 0.773. The van der Waals surface area contributed by atoms with E-state index in [-0.39, 0.29) is 12.0 Å². The van der Waals surface area contributed by atoms with Crippen molar-refractivity contribution in [3.8, 4) is 17.4 Å². The lowest BCUT2D eigenvalue weighted by atomic mass is 10.2. The van der Waals surface area contributed by atoms with E-state index in [1.54, 1.807) is 12.1 Å². The molecule has 1 fully saturated rings. The topological polar surface area (TPSA) is 51.7 Å². The van der Waals surface area contributed by atoms with Crippen LogP contribution in [0.15, 0.2) is 72.8 Å². The lowest BCUT2D eigenvalue weighted by molar-refractivity contribution is 0.0771. The molecule has 1 aromatic heterocycles. The molecular formula is C23H22N2O3. The average molecular weight is 374 g/mol. The number of para-hydroxylation sites is 1. The lowest BCUT2D eigenvalue weighted by Gasteiger charge is -2.17. The van der Waals surface area contributed by atoms with Gasteiger partial charge in [-0.2, -0.15) is 0 Å². The summed E-state index contributed by atoms with van der Waals surface area (Å²) in [5, 5.41) is 0. The largest absolute Gasteiger partial charge is 0.472 e. The Labute approximate surface area is 164 Å². The van der Waals surface area contributed by atoms with Gasteiger partial charge in [-0.15, -0.1) is 0 Å². The van der Waals surface area contributed by atoms with Gasteiger partial charge in [0, 0.05) is 30.3 Å². The van der Waals surface area contributed by atoms with Crippen LogP contribution in [-0.4, -0.2) is 35.0 Å². The summed E-state index contributed by atoms with van der Waals surface area (Å²) in [7, 11) is 0. The second-order valence-electron chi connectivity index (χ2n) is 6.84. The third kappa shape index (κ3) is 4.31. The molecule has 1 aliphatic heterocycles. The van der Waals surface area contributed by atoms with Crippen LogP contribution in [0.3, 0.4) is 0 Å². The number of aromatic nitrogens is 1. The molecule has 5 heteroatoms. The predicted octanol–water partition coefficient (Wildman–Crippen LogP) is 4.48. The number of likely N-dealkylation sites (tertiary alicyclic amines) is 1. The SMILES string of the molecule is Cc1cccc(OC2CCN(C(=O)c3ccc(Oc4ccccc4)cc3)C2)n1. The van der Waals surface area contributed by atoms with E-state index in [4.69, 9.17) is 9.47 Å². The maximum absolute atomic E-state index is 12.8. The lowest BCUT2D eigenvalue weighted by Crippen LogP contribution is -2.31. The molecule has 3 aromatic rings. The molecule has 1 amide bonds. The summed E-state index contributed by atoms with van der Waals surface area (Å²) >= 11 is 0. The molecule has 1 saturated heterocycles. The van der Waals surface area contributed by atoms with Crippen LogP contribution in [0.1, 0.15) is 22.5 Å². The van der Waals surface area contributed by atoms with Crippen molar-refractivity contribution in [1.82, 2.24) is 9.88 Å².